The van der Waals surface area contributed by atoms with Crippen LogP contribution in [0.25, 0.3) is 10.9 Å². The van der Waals surface area contributed by atoms with Gasteiger partial charge in [-0.3, -0.25) is 4.90 Å². The molecule has 0 bridgehead atoms. The molecule has 4 aromatic rings. The number of ether oxygens (including phenoxy) is 3. The molecule has 0 spiro atoms. The molecular weight excluding hydrogens is 480 g/mol. The van der Waals surface area contributed by atoms with Gasteiger partial charge in [0.25, 0.3) is 0 Å². The molecule has 1 unspecified atom stereocenters. The Balaban J connectivity index is 1.49. The number of carbonyl (C=O) groups excluding carboxylic acids is 1. The lowest BCUT2D eigenvalue weighted by Gasteiger charge is -2.35. The number of fused-ring (bicyclic) bond motifs is 3. The van der Waals surface area contributed by atoms with E-state index in [1.807, 2.05) is 42.5 Å². The van der Waals surface area contributed by atoms with Crippen molar-refractivity contribution in [2.45, 2.75) is 18.9 Å². The van der Waals surface area contributed by atoms with Crippen LogP contribution in [0.1, 0.15) is 29.3 Å². The fourth-order valence-corrected chi connectivity index (χ4v) is 4.78. The largest absolute Gasteiger partial charge is 0.497 e. The third kappa shape index (κ3) is 4.85. The zero-order chi connectivity index (χ0) is 25.1. The summed E-state index contributed by atoms with van der Waals surface area (Å²) in [4.78, 5) is 18.7. The van der Waals surface area contributed by atoms with Crippen molar-refractivity contribution in [2.75, 3.05) is 26.9 Å². The SMILES string of the molecule is COc1ccc(OC(=O)N2CCc3c([nH]c4ccc(Cl)cc34)C2c2ccc(OCCCO)cc2)cc1. The number of hydrogen-bond donors (Lipinski definition) is 2. The number of carbonyl (C=O) groups is 1. The summed E-state index contributed by atoms with van der Waals surface area (Å²) >= 11 is 6.30. The molecule has 186 valence electrons. The average molecular weight is 507 g/mol. The Kier molecular flexibility index (Phi) is 7.02. The number of benzene rings is 3. The molecule has 2 heterocycles. The molecule has 0 aliphatic carbocycles. The molecule has 0 saturated heterocycles. The fourth-order valence-electron chi connectivity index (χ4n) is 4.61. The number of halogens is 1. The van der Waals surface area contributed by atoms with E-state index in [9.17, 15) is 4.79 Å². The van der Waals surface area contributed by atoms with E-state index < -0.39 is 6.09 Å². The van der Waals surface area contributed by atoms with E-state index in [2.05, 4.69) is 4.98 Å². The van der Waals surface area contributed by atoms with Gasteiger partial charge in [-0.25, -0.2) is 4.79 Å². The lowest BCUT2D eigenvalue weighted by Crippen LogP contribution is -2.42. The van der Waals surface area contributed by atoms with E-state index >= 15 is 0 Å². The standard InChI is InChI=1S/C28H27ClN2O5/c1-34-20-8-10-22(11-9-20)36-28(33)31-14-13-23-24-17-19(29)5-12-25(24)30-26(23)27(31)18-3-6-21(7-4-18)35-16-2-15-32/h3-12,17,27,30,32H,2,13-16H2,1H3. The Labute approximate surface area is 214 Å². The lowest BCUT2D eigenvalue weighted by molar-refractivity contribution is 0.135. The highest BCUT2D eigenvalue weighted by Crippen LogP contribution is 2.40. The van der Waals surface area contributed by atoms with Gasteiger partial charge in [0.05, 0.1) is 13.7 Å². The number of hydrogen-bond acceptors (Lipinski definition) is 5. The molecule has 1 aliphatic heterocycles. The number of amides is 1. The minimum atomic E-state index is -0.434. The molecule has 7 nitrogen and oxygen atoms in total. The second-order valence-corrected chi connectivity index (χ2v) is 9.03. The van der Waals surface area contributed by atoms with Crippen LogP contribution in [0.2, 0.25) is 5.02 Å². The maximum absolute atomic E-state index is 13.4. The number of nitrogens with zero attached hydrogens (tertiary/aromatic N) is 1. The molecule has 0 radical (unpaired) electrons. The monoisotopic (exact) mass is 506 g/mol. The number of rotatable bonds is 7. The van der Waals surface area contributed by atoms with Crippen LogP contribution in [0.3, 0.4) is 0 Å². The van der Waals surface area contributed by atoms with Crippen molar-refractivity contribution in [3.63, 3.8) is 0 Å². The zero-order valence-corrected chi connectivity index (χ0v) is 20.6. The maximum atomic E-state index is 13.4. The van der Waals surface area contributed by atoms with Crippen LogP contribution in [0.5, 0.6) is 17.2 Å². The summed E-state index contributed by atoms with van der Waals surface area (Å²) in [7, 11) is 1.59. The van der Waals surface area contributed by atoms with Gasteiger partial charge in [-0.2, -0.15) is 0 Å². The zero-order valence-electron chi connectivity index (χ0n) is 19.9. The van der Waals surface area contributed by atoms with Gasteiger partial charge < -0.3 is 24.3 Å². The molecule has 5 rings (SSSR count). The summed E-state index contributed by atoms with van der Waals surface area (Å²) in [5.74, 6) is 1.84. The summed E-state index contributed by atoms with van der Waals surface area (Å²) < 4.78 is 16.6. The first-order valence-corrected chi connectivity index (χ1v) is 12.2. The molecule has 1 aromatic heterocycles. The first kappa shape index (κ1) is 24.0. The van der Waals surface area contributed by atoms with E-state index in [1.165, 1.54) is 0 Å². The number of aliphatic hydroxyl groups excluding tert-OH is 1. The van der Waals surface area contributed by atoms with Crippen LogP contribution in [0.15, 0.2) is 66.7 Å². The van der Waals surface area contributed by atoms with Crippen molar-refractivity contribution in [2.24, 2.45) is 0 Å². The highest BCUT2D eigenvalue weighted by atomic mass is 35.5. The molecule has 1 amide bonds. The van der Waals surface area contributed by atoms with E-state index in [1.54, 1.807) is 36.3 Å². The van der Waals surface area contributed by atoms with Gasteiger partial charge in [0, 0.05) is 41.2 Å². The summed E-state index contributed by atoms with van der Waals surface area (Å²) in [6.45, 7) is 1.01. The first-order chi connectivity index (χ1) is 17.6. The summed E-state index contributed by atoms with van der Waals surface area (Å²) in [5.41, 5.74) is 3.99. The quantitative estimate of drug-likeness (QED) is 0.312. The van der Waals surface area contributed by atoms with Crippen LogP contribution in [-0.4, -0.2) is 48.0 Å². The fraction of sp³-hybridized carbons (Fsp3) is 0.250. The molecule has 1 aliphatic rings. The molecule has 0 fully saturated rings. The van der Waals surface area contributed by atoms with Crippen LogP contribution < -0.4 is 14.2 Å². The number of aliphatic hydroxyl groups is 1. The van der Waals surface area contributed by atoms with Gasteiger partial charge >= 0.3 is 6.09 Å². The predicted molar refractivity (Wildman–Crippen MR) is 138 cm³/mol. The topological polar surface area (TPSA) is 84.0 Å². The number of aromatic nitrogens is 1. The van der Waals surface area contributed by atoms with Crippen molar-refractivity contribution >= 4 is 28.6 Å². The Morgan fingerprint density at radius 2 is 1.78 bits per heavy atom. The van der Waals surface area contributed by atoms with Crippen molar-refractivity contribution < 1.29 is 24.1 Å². The maximum Gasteiger partial charge on any atom is 0.416 e. The molecule has 0 saturated carbocycles. The first-order valence-electron chi connectivity index (χ1n) is 11.8. The highest BCUT2D eigenvalue weighted by Gasteiger charge is 2.35. The third-order valence-corrected chi connectivity index (χ3v) is 6.59. The molecule has 3 aromatic carbocycles. The van der Waals surface area contributed by atoms with Crippen LogP contribution in [0, 0.1) is 0 Å². The van der Waals surface area contributed by atoms with E-state index in [0.717, 1.165) is 27.7 Å². The second-order valence-electron chi connectivity index (χ2n) is 8.59. The van der Waals surface area contributed by atoms with Gasteiger partial charge in [-0.15, -0.1) is 0 Å². The van der Waals surface area contributed by atoms with Crippen molar-refractivity contribution in [1.82, 2.24) is 9.88 Å². The third-order valence-electron chi connectivity index (χ3n) is 6.36. The van der Waals surface area contributed by atoms with Gasteiger partial charge in [0.1, 0.15) is 23.3 Å². The summed E-state index contributed by atoms with van der Waals surface area (Å²) in [6, 6.07) is 20.0. The lowest BCUT2D eigenvalue weighted by atomic mass is 9.92. The minimum absolute atomic E-state index is 0.0819. The van der Waals surface area contributed by atoms with Gasteiger partial charge in [0.2, 0.25) is 0 Å². The van der Waals surface area contributed by atoms with Crippen molar-refractivity contribution in [1.29, 1.82) is 0 Å². The predicted octanol–water partition coefficient (Wildman–Crippen LogP) is 5.74. The van der Waals surface area contributed by atoms with E-state index in [4.69, 9.17) is 30.9 Å². The Morgan fingerprint density at radius 3 is 2.50 bits per heavy atom. The Bertz CT molecular complexity index is 1350. The molecule has 2 N–H and O–H groups in total. The van der Waals surface area contributed by atoms with Crippen LogP contribution >= 0.6 is 11.6 Å². The van der Waals surface area contributed by atoms with E-state index in [0.29, 0.717) is 48.3 Å². The molecular formula is C28H27ClN2O5. The second kappa shape index (κ2) is 10.5. The molecule has 36 heavy (non-hydrogen) atoms. The van der Waals surface area contributed by atoms with E-state index in [-0.39, 0.29) is 12.6 Å². The Morgan fingerprint density at radius 1 is 1.06 bits per heavy atom. The smallest absolute Gasteiger partial charge is 0.416 e. The Hall–Kier alpha value is -3.68. The van der Waals surface area contributed by atoms with Crippen molar-refractivity contribution in [3.05, 3.63) is 88.6 Å². The van der Waals surface area contributed by atoms with Gasteiger partial charge in [0.15, 0.2) is 0 Å². The van der Waals surface area contributed by atoms with Gasteiger partial charge in [-0.1, -0.05) is 23.7 Å². The van der Waals surface area contributed by atoms with Crippen LogP contribution in [-0.2, 0) is 6.42 Å². The number of aromatic amines is 1. The highest BCUT2D eigenvalue weighted by molar-refractivity contribution is 6.31. The molecule has 1 atom stereocenters. The summed E-state index contributed by atoms with van der Waals surface area (Å²) in [6.07, 6.45) is 0.804. The number of methoxy groups -OCH3 is 1. The normalized spacial score (nSPS) is 15.0. The molecule has 8 heteroatoms. The van der Waals surface area contributed by atoms with Gasteiger partial charge in [-0.05, 0) is 72.1 Å². The minimum Gasteiger partial charge on any atom is -0.497 e. The van der Waals surface area contributed by atoms with Crippen LogP contribution in [0.4, 0.5) is 4.79 Å². The number of nitrogens with one attached hydrogen (secondary N) is 1. The summed E-state index contributed by atoms with van der Waals surface area (Å²) in [5, 5.41) is 10.7. The number of H-pyrrole nitrogens is 1. The van der Waals surface area contributed by atoms with Crippen molar-refractivity contribution in [3.8, 4) is 17.2 Å². The average Bonchev–Trinajstić information content (AvgIpc) is 3.27.